The molecule has 8 heteroatoms. The fourth-order valence-electron chi connectivity index (χ4n) is 2.44. The second kappa shape index (κ2) is 8.30. The van der Waals surface area contributed by atoms with Gasteiger partial charge in [-0.1, -0.05) is 36.4 Å². The normalized spacial score (nSPS) is 12.1. The molecule has 3 aromatic carbocycles. The van der Waals surface area contributed by atoms with E-state index in [-0.39, 0.29) is 5.75 Å². The minimum atomic E-state index is -5.52. The van der Waals surface area contributed by atoms with Gasteiger partial charge in [0.2, 0.25) is 0 Å². The fraction of sp³-hybridized carbons (Fsp3) is 0.100. The van der Waals surface area contributed by atoms with Crippen LogP contribution in [0.5, 0.6) is 5.75 Å². The van der Waals surface area contributed by atoms with Crippen molar-refractivity contribution in [1.29, 1.82) is 0 Å². The van der Waals surface area contributed by atoms with Crippen molar-refractivity contribution < 1.29 is 26.5 Å². The van der Waals surface area contributed by atoms with Gasteiger partial charge >= 0.3 is 15.4 Å². The summed E-state index contributed by atoms with van der Waals surface area (Å²) in [6.45, 7) is -1.46. The van der Waals surface area contributed by atoms with Crippen molar-refractivity contribution in [2.75, 3.05) is 6.61 Å². The van der Waals surface area contributed by atoms with Crippen LogP contribution < -0.4 is 4.74 Å². The molecule has 28 heavy (non-hydrogen) atoms. The lowest BCUT2D eigenvalue weighted by Gasteiger charge is -2.14. The molecule has 0 unspecified atom stereocenters. The van der Waals surface area contributed by atoms with Crippen LogP contribution in [0.4, 0.5) is 8.78 Å². The van der Waals surface area contributed by atoms with Gasteiger partial charge in [-0.15, -0.1) is 0 Å². The Morgan fingerprint density at radius 2 is 1.21 bits per heavy atom. The van der Waals surface area contributed by atoms with Gasteiger partial charge < -0.3 is 4.74 Å². The van der Waals surface area contributed by atoms with Crippen LogP contribution >= 0.6 is 0 Å². The SMILES string of the molecule is O=S(=O)(O)C(F)(F)COc1ccc([S+](c2ccccc2)c2ccccc2)cc1. The maximum absolute atomic E-state index is 13.3. The number of halogens is 2. The van der Waals surface area contributed by atoms with E-state index in [9.17, 15) is 17.2 Å². The summed E-state index contributed by atoms with van der Waals surface area (Å²) in [5.41, 5.74) is 0. The lowest BCUT2D eigenvalue weighted by Crippen LogP contribution is -2.34. The van der Waals surface area contributed by atoms with Crippen LogP contribution in [-0.4, -0.2) is 24.8 Å². The van der Waals surface area contributed by atoms with Gasteiger partial charge in [-0.2, -0.15) is 17.2 Å². The first-order valence-corrected chi connectivity index (χ1v) is 10.9. The number of rotatable bonds is 7. The molecule has 3 aromatic rings. The summed E-state index contributed by atoms with van der Waals surface area (Å²) in [4.78, 5) is 3.15. The third-order valence-electron chi connectivity index (χ3n) is 3.80. The Labute approximate surface area is 164 Å². The summed E-state index contributed by atoms with van der Waals surface area (Å²) in [7, 11) is -5.92. The lowest BCUT2D eigenvalue weighted by molar-refractivity contribution is 0.0288. The van der Waals surface area contributed by atoms with Crippen molar-refractivity contribution >= 4 is 21.0 Å². The molecule has 0 amide bonds. The van der Waals surface area contributed by atoms with E-state index in [1.54, 1.807) is 12.1 Å². The second-order valence-corrected chi connectivity index (χ2v) is 9.38. The highest BCUT2D eigenvalue weighted by atomic mass is 32.2. The predicted molar refractivity (Wildman–Crippen MR) is 103 cm³/mol. The molecule has 0 radical (unpaired) electrons. The van der Waals surface area contributed by atoms with E-state index in [0.29, 0.717) is 0 Å². The van der Waals surface area contributed by atoms with Gasteiger partial charge in [-0.3, -0.25) is 4.55 Å². The molecular formula is C20H17F2O4S2+. The average Bonchev–Trinajstić information content (AvgIpc) is 2.68. The molecule has 0 bridgehead atoms. The molecule has 0 atom stereocenters. The number of ether oxygens (including phenoxy) is 1. The predicted octanol–water partition coefficient (Wildman–Crippen LogP) is 4.64. The molecule has 0 aliphatic heterocycles. The molecule has 0 fully saturated rings. The fourth-order valence-corrected chi connectivity index (χ4v) is 4.73. The van der Waals surface area contributed by atoms with Crippen LogP contribution in [0, 0.1) is 0 Å². The molecule has 0 aliphatic carbocycles. The zero-order valence-electron chi connectivity index (χ0n) is 14.5. The van der Waals surface area contributed by atoms with E-state index in [1.807, 2.05) is 60.7 Å². The average molecular weight is 423 g/mol. The van der Waals surface area contributed by atoms with Crippen molar-refractivity contribution in [2.24, 2.45) is 0 Å². The van der Waals surface area contributed by atoms with Crippen LogP contribution in [0.25, 0.3) is 0 Å². The van der Waals surface area contributed by atoms with Gasteiger partial charge in [0.25, 0.3) is 0 Å². The van der Waals surface area contributed by atoms with Gasteiger partial charge in [0, 0.05) is 0 Å². The summed E-state index contributed by atoms with van der Waals surface area (Å²) in [6, 6.07) is 26.3. The Morgan fingerprint density at radius 3 is 1.64 bits per heavy atom. The molecule has 0 aromatic heterocycles. The summed E-state index contributed by atoms with van der Waals surface area (Å²) in [6.07, 6.45) is 0. The summed E-state index contributed by atoms with van der Waals surface area (Å²) in [5, 5.41) is -4.37. The van der Waals surface area contributed by atoms with Crippen LogP contribution in [0.1, 0.15) is 0 Å². The van der Waals surface area contributed by atoms with E-state index in [0.717, 1.165) is 14.7 Å². The molecule has 146 valence electrons. The summed E-state index contributed by atoms with van der Waals surface area (Å²) < 4.78 is 61.3. The van der Waals surface area contributed by atoms with Crippen LogP contribution in [0.15, 0.2) is 99.6 Å². The topological polar surface area (TPSA) is 63.6 Å². The standard InChI is InChI=1S/C20H16F2O4S2/c21-20(22,28(23,24)25)15-26-16-11-13-19(14-12-16)27(17-7-3-1-4-8-17)18-9-5-2-6-10-18/h1-14H,15H2/p+1. The molecule has 1 N–H and O–H groups in total. The van der Waals surface area contributed by atoms with Crippen LogP contribution in [-0.2, 0) is 21.0 Å². The van der Waals surface area contributed by atoms with Gasteiger partial charge in [-0.05, 0) is 48.5 Å². The van der Waals surface area contributed by atoms with Gasteiger partial charge in [0.05, 0.1) is 10.9 Å². The highest BCUT2D eigenvalue weighted by molar-refractivity contribution is 7.97. The van der Waals surface area contributed by atoms with Crippen molar-refractivity contribution in [3.05, 3.63) is 84.9 Å². The largest absolute Gasteiger partial charge is 0.486 e. The first-order valence-electron chi connectivity index (χ1n) is 8.20. The summed E-state index contributed by atoms with van der Waals surface area (Å²) in [5.74, 6) is 0.0803. The minimum absolute atomic E-state index is 0.0803. The molecule has 0 aliphatic rings. The Morgan fingerprint density at radius 1 is 0.786 bits per heavy atom. The molecule has 0 spiro atoms. The molecule has 3 rings (SSSR count). The van der Waals surface area contributed by atoms with Gasteiger partial charge in [0.1, 0.15) is 5.75 Å². The second-order valence-electron chi connectivity index (χ2n) is 5.80. The molecular weight excluding hydrogens is 406 g/mol. The van der Waals surface area contributed by atoms with Crippen molar-refractivity contribution in [2.45, 2.75) is 19.9 Å². The van der Waals surface area contributed by atoms with Crippen molar-refractivity contribution in [3.8, 4) is 5.75 Å². The molecule has 4 nitrogen and oxygen atoms in total. The minimum Gasteiger partial charge on any atom is -0.486 e. The van der Waals surface area contributed by atoms with E-state index in [2.05, 4.69) is 0 Å². The molecule has 0 heterocycles. The first kappa shape index (κ1) is 20.3. The quantitative estimate of drug-likeness (QED) is 0.444. The Balaban J connectivity index is 1.85. The van der Waals surface area contributed by atoms with E-state index in [1.165, 1.54) is 12.1 Å². The van der Waals surface area contributed by atoms with Crippen LogP contribution in [0.3, 0.4) is 0 Å². The number of alkyl halides is 2. The highest BCUT2D eigenvalue weighted by Gasteiger charge is 2.45. The van der Waals surface area contributed by atoms with Crippen molar-refractivity contribution in [3.63, 3.8) is 0 Å². The van der Waals surface area contributed by atoms with E-state index < -0.39 is 32.9 Å². The Hall–Kier alpha value is -2.42. The smallest absolute Gasteiger partial charge is 0.402 e. The van der Waals surface area contributed by atoms with E-state index >= 15 is 0 Å². The monoisotopic (exact) mass is 423 g/mol. The van der Waals surface area contributed by atoms with Crippen LogP contribution in [0.2, 0.25) is 0 Å². The molecule has 0 saturated carbocycles. The Bertz CT molecular complexity index is 970. The van der Waals surface area contributed by atoms with Gasteiger partial charge in [0.15, 0.2) is 21.3 Å². The molecule has 0 saturated heterocycles. The number of benzene rings is 3. The highest BCUT2D eigenvalue weighted by Crippen LogP contribution is 2.32. The maximum atomic E-state index is 13.3. The summed E-state index contributed by atoms with van der Waals surface area (Å²) >= 11 is 0. The number of hydrogen-bond donors (Lipinski definition) is 1. The van der Waals surface area contributed by atoms with Crippen molar-refractivity contribution in [1.82, 2.24) is 0 Å². The zero-order chi connectivity index (χ0) is 20.2. The Kier molecular flexibility index (Phi) is 6.02. The zero-order valence-corrected chi connectivity index (χ0v) is 16.2. The van der Waals surface area contributed by atoms with Gasteiger partial charge in [-0.25, -0.2) is 0 Å². The third kappa shape index (κ3) is 4.70. The number of hydrogen-bond acceptors (Lipinski definition) is 3. The third-order valence-corrected chi connectivity index (χ3v) is 6.90. The lowest BCUT2D eigenvalue weighted by atomic mass is 10.3. The maximum Gasteiger partial charge on any atom is 0.402 e. The first-order chi connectivity index (χ1) is 13.3. The van der Waals surface area contributed by atoms with E-state index in [4.69, 9.17) is 9.29 Å².